The first kappa shape index (κ1) is 8.00. The number of ketones is 1. The van der Waals surface area contributed by atoms with E-state index in [0.717, 1.165) is 11.5 Å². The Morgan fingerprint density at radius 1 is 1.38 bits per heavy atom. The minimum atomic E-state index is -0.0805. The number of nitrogens with zero attached hydrogens (tertiary/aromatic N) is 3. The summed E-state index contributed by atoms with van der Waals surface area (Å²) >= 11 is 1.09. The molecule has 0 aliphatic rings. The van der Waals surface area contributed by atoms with Gasteiger partial charge in [0.2, 0.25) is 5.78 Å². The van der Waals surface area contributed by atoms with Crippen LogP contribution in [-0.4, -0.2) is 20.4 Å². The molecular formula is C8H5N3OS. The highest BCUT2D eigenvalue weighted by molar-refractivity contribution is 7.08. The molecule has 0 radical (unpaired) electrons. The van der Waals surface area contributed by atoms with E-state index in [4.69, 9.17) is 0 Å². The van der Waals surface area contributed by atoms with Gasteiger partial charge in [-0.2, -0.15) is 0 Å². The zero-order chi connectivity index (χ0) is 9.10. The highest BCUT2D eigenvalue weighted by Crippen LogP contribution is 2.09. The van der Waals surface area contributed by atoms with Gasteiger partial charge in [-0.3, -0.25) is 9.78 Å². The fourth-order valence-corrected chi connectivity index (χ4v) is 1.38. The summed E-state index contributed by atoms with van der Waals surface area (Å²) in [5, 5.41) is 3.60. The molecule has 0 spiro atoms. The van der Waals surface area contributed by atoms with Crippen LogP contribution in [0.5, 0.6) is 0 Å². The van der Waals surface area contributed by atoms with E-state index < -0.39 is 0 Å². The summed E-state index contributed by atoms with van der Waals surface area (Å²) in [6.07, 6.45) is 4.61. The number of rotatable bonds is 2. The van der Waals surface area contributed by atoms with Crippen LogP contribution >= 0.6 is 11.5 Å². The third-order valence-corrected chi connectivity index (χ3v) is 2.17. The number of pyridine rings is 1. The van der Waals surface area contributed by atoms with Gasteiger partial charge in [-0.1, -0.05) is 4.49 Å². The summed E-state index contributed by atoms with van der Waals surface area (Å²) in [5.41, 5.74) is 0.563. The number of aromatic nitrogens is 3. The van der Waals surface area contributed by atoms with E-state index in [0.29, 0.717) is 10.4 Å². The second kappa shape index (κ2) is 3.40. The number of carbonyl (C=O) groups excluding carboxylic acids is 1. The predicted octanol–water partition coefficient (Wildman–Crippen LogP) is 1.16. The van der Waals surface area contributed by atoms with E-state index in [-0.39, 0.29) is 5.78 Å². The van der Waals surface area contributed by atoms with Crippen molar-refractivity contribution in [2.45, 2.75) is 0 Å². The maximum Gasteiger partial charge on any atom is 0.207 e. The lowest BCUT2D eigenvalue weighted by atomic mass is 10.2. The standard InChI is InChI=1S/C8H5N3OS/c12-8(7-5-10-11-13-7)6-2-1-3-9-4-6/h1-5H. The summed E-state index contributed by atoms with van der Waals surface area (Å²) in [6, 6.07) is 3.44. The Balaban J connectivity index is 2.34. The Kier molecular flexibility index (Phi) is 2.09. The van der Waals surface area contributed by atoms with Crippen molar-refractivity contribution in [3.8, 4) is 0 Å². The highest BCUT2D eigenvalue weighted by atomic mass is 32.1. The number of carbonyl (C=O) groups is 1. The summed E-state index contributed by atoms with van der Waals surface area (Å²) in [5.74, 6) is -0.0805. The van der Waals surface area contributed by atoms with Gasteiger partial charge in [-0.15, -0.1) is 5.10 Å². The van der Waals surface area contributed by atoms with Crippen molar-refractivity contribution in [3.05, 3.63) is 41.2 Å². The Labute approximate surface area is 78.4 Å². The van der Waals surface area contributed by atoms with Crippen LogP contribution < -0.4 is 0 Å². The predicted molar refractivity (Wildman–Crippen MR) is 47.6 cm³/mol. The van der Waals surface area contributed by atoms with Crippen molar-refractivity contribution in [1.29, 1.82) is 0 Å². The lowest BCUT2D eigenvalue weighted by molar-refractivity contribution is 0.104. The van der Waals surface area contributed by atoms with Crippen LogP contribution in [-0.2, 0) is 0 Å². The molecule has 64 valence electrons. The fraction of sp³-hybridized carbons (Fsp3) is 0. The molecule has 0 aliphatic heterocycles. The summed E-state index contributed by atoms with van der Waals surface area (Å²) < 4.78 is 3.62. The van der Waals surface area contributed by atoms with E-state index in [1.165, 1.54) is 12.4 Å². The zero-order valence-electron chi connectivity index (χ0n) is 6.54. The van der Waals surface area contributed by atoms with Crippen LogP contribution in [0.2, 0.25) is 0 Å². The number of hydrogen-bond acceptors (Lipinski definition) is 5. The second-order valence-corrected chi connectivity index (χ2v) is 3.14. The summed E-state index contributed by atoms with van der Waals surface area (Å²) in [6.45, 7) is 0. The van der Waals surface area contributed by atoms with Gasteiger partial charge in [0, 0.05) is 18.0 Å². The van der Waals surface area contributed by atoms with Crippen LogP contribution in [0.1, 0.15) is 15.2 Å². The van der Waals surface area contributed by atoms with Crippen LogP contribution in [0.25, 0.3) is 0 Å². The van der Waals surface area contributed by atoms with Gasteiger partial charge in [-0.25, -0.2) is 0 Å². The maximum absolute atomic E-state index is 11.6. The Bertz CT molecular complexity index is 399. The molecular weight excluding hydrogens is 186 g/mol. The summed E-state index contributed by atoms with van der Waals surface area (Å²) in [7, 11) is 0. The average Bonchev–Trinajstić information content (AvgIpc) is 2.71. The Hall–Kier alpha value is -1.62. The fourth-order valence-electron chi connectivity index (χ4n) is 0.907. The van der Waals surface area contributed by atoms with Crippen molar-refractivity contribution in [3.63, 3.8) is 0 Å². The van der Waals surface area contributed by atoms with Gasteiger partial charge in [0.05, 0.1) is 6.20 Å². The highest BCUT2D eigenvalue weighted by Gasteiger charge is 2.10. The summed E-state index contributed by atoms with van der Waals surface area (Å²) in [4.78, 5) is 16.0. The molecule has 0 N–H and O–H groups in total. The molecule has 2 aromatic rings. The molecule has 0 atom stereocenters. The third kappa shape index (κ3) is 1.59. The molecule has 4 nitrogen and oxygen atoms in total. The molecule has 0 fully saturated rings. The first-order valence-corrected chi connectivity index (χ1v) is 4.37. The molecule has 0 bridgehead atoms. The normalized spacial score (nSPS) is 9.85. The van der Waals surface area contributed by atoms with Gasteiger partial charge in [0.15, 0.2) is 0 Å². The van der Waals surface area contributed by atoms with Crippen molar-refractivity contribution in [1.82, 2.24) is 14.6 Å². The number of hydrogen-bond donors (Lipinski definition) is 0. The van der Waals surface area contributed by atoms with Gasteiger partial charge in [0.1, 0.15) is 4.88 Å². The third-order valence-electron chi connectivity index (χ3n) is 1.51. The first-order valence-electron chi connectivity index (χ1n) is 3.60. The van der Waals surface area contributed by atoms with E-state index in [1.54, 1.807) is 18.3 Å². The SMILES string of the molecule is O=C(c1cccnc1)c1cnns1. The van der Waals surface area contributed by atoms with Crippen molar-refractivity contribution in [2.75, 3.05) is 0 Å². The lowest BCUT2D eigenvalue weighted by Gasteiger charge is -1.93. The van der Waals surface area contributed by atoms with Crippen molar-refractivity contribution in [2.24, 2.45) is 0 Å². The molecule has 0 aromatic carbocycles. The molecule has 0 amide bonds. The maximum atomic E-state index is 11.6. The molecule has 13 heavy (non-hydrogen) atoms. The molecule has 0 saturated carbocycles. The minimum absolute atomic E-state index is 0.0805. The van der Waals surface area contributed by atoms with Crippen LogP contribution in [0.15, 0.2) is 30.7 Å². The minimum Gasteiger partial charge on any atom is -0.288 e. The van der Waals surface area contributed by atoms with E-state index in [1.807, 2.05) is 0 Å². The topological polar surface area (TPSA) is 55.7 Å². The quantitative estimate of drug-likeness (QED) is 0.668. The van der Waals surface area contributed by atoms with E-state index >= 15 is 0 Å². The van der Waals surface area contributed by atoms with Gasteiger partial charge < -0.3 is 0 Å². The lowest BCUT2D eigenvalue weighted by Crippen LogP contribution is -1.98. The molecule has 2 aromatic heterocycles. The van der Waals surface area contributed by atoms with Crippen LogP contribution in [0.3, 0.4) is 0 Å². The average molecular weight is 191 g/mol. The van der Waals surface area contributed by atoms with Gasteiger partial charge >= 0.3 is 0 Å². The van der Waals surface area contributed by atoms with Crippen LogP contribution in [0, 0.1) is 0 Å². The van der Waals surface area contributed by atoms with Gasteiger partial charge in [-0.05, 0) is 23.7 Å². The van der Waals surface area contributed by atoms with Crippen molar-refractivity contribution >= 4 is 17.3 Å². The molecule has 0 aliphatic carbocycles. The first-order chi connectivity index (χ1) is 6.38. The van der Waals surface area contributed by atoms with Crippen LogP contribution in [0.4, 0.5) is 0 Å². The van der Waals surface area contributed by atoms with Gasteiger partial charge in [0.25, 0.3) is 0 Å². The smallest absolute Gasteiger partial charge is 0.207 e. The van der Waals surface area contributed by atoms with E-state index in [9.17, 15) is 4.79 Å². The molecule has 0 saturated heterocycles. The van der Waals surface area contributed by atoms with Crippen molar-refractivity contribution < 1.29 is 4.79 Å². The zero-order valence-corrected chi connectivity index (χ0v) is 7.36. The molecule has 2 heterocycles. The monoisotopic (exact) mass is 191 g/mol. The largest absolute Gasteiger partial charge is 0.288 e. The Morgan fingerprint density at radius 3 is 2.92 bits per heavy atom. The Morgan fingerprint density at radius 2 is 2.31 bits per heavy atom. The molecule has 0 unspecified atom stereocenters. The molecule has 5 heteroatoms. The molecule has 2 rings (SSSR count). The second-order valence-electron chi connectivity index (χ2n) is 2.35. The van der Waals surface area contributed by atoms with E-state index in [2.05, 4.69) is 14.6 Å².